The summed E-state index contributed by atoms with van der Waals surface area (Å²) in [6.45, 7) is 1.37. The largest absolute Gasteiger partial charge is 0.495 e. The Bertz CT molecular complexity index is 458. The van der Waals surface area contributed by atoms with E-state index in [0.717, 1.165) is 0 Å². The molecule has 0 N–H and O–H groups in total. The van der Waals surface area contributed by atoms with Crippen LogP contribution in [0.5, 0.6) is 5.75 Å². The number of benzene rings is 1. The van der Waals surface area contributed by atoms with Crippen LogP contribution in [0.25, 0.3) is 0 Å². The van der Waals surface area contributed by atoms with Crippen molar-refractivity contribution in [3.8, 4) is 11.8 Å². The number of hydrogen-bond donors (Lipinski definition) is 0. The average Bonchev–Trinajstić information content (AvgIpc) is 2.26. The summed E-state index contributed by atoms with van der Waals surface area (Å²) >= 11 is 0. The van der Waals surface area contributed by atoms with Crippen LogP contribution in [-0.4, -0.2) is 19.2 Å². The summed E-state index contributed by atoms with van der Waals surface area (Å²) in [6.07, 6.45) is 0.562. The molecular formula is C11H9NO3. The Morgan fingerprint density at radius 3 is 2.60 bits per heavy atom. The van der Waals surface area contributed by atoms with Gasteiger partial charge in [0.05, 0.1) is 18.2 Å². The molecule has 0 unspecified atom stereocenters. The Morgan fingerprint density at radius 1 is 1.53 bits per heavy atom. The second-order valence-corrected chi connectivity index (χ2v) is 2.93. The van der Waals surface area contributed by atoms with Gasteiger partial charge in [-0.15, -0.1) is 0 Å². The first-order valence-electron chi connectivity index (χ1n) is 4.22. The molecule has 0 aromatic heterocycles. The minimum atomic E-state index is -0.197. The van der Waals surface area contributed by atoms with Crippen LogP contribution in [-0.2, 0) is 0 Å². The summed E-state index contributed by atoms with van der Waals surface area (Å²) in [6, 6.07) is 4.70. The molecular weight excluding hydrogens is 194 g/mol. The SMILES string of the molecule is COc1c(C#N)cc(C(C)=O)cc1C=O. The Labute approximate surface area is 87.1 Å². The van der Waals surface area contributed by atoms with Crippen molar-refractivity contribution in [3.63, 3.8) is 0 Å². The number of carbonyl (C=O) groups is 2. The van der Waals surface area contributed by atoms with Gasteiger partial charge in [-0.25, -0.2) is 0 Å². The van der Waals surface area contributed by atoms with Crippen molar-refractivity contribution in [2.75, 3.05) is 7.11 Å². The summed E-state index contributed by atoms with van der Waals surface area (Å²) < 4.78 is 4.93. The van der Waals surface area contributed by atoms with Crippen LogP contribution in [0.3, 0.4) is 0 Å². The van der Waals surface area contributed by atoms with Crippen LogP contribution in [0.4, 0.5) is 0 Å². The predicted octanol–water partition coefficient (Wildman–Crippen LogP) is 1.58. The Morgan fingerprint density at radius 2 is 2.20 bits per heavy atom. The van der Waals surface area contributed by atoms with Gasteiger partial charge in [0.1, 0.15) is 11.8 Å². The van der Waals surface area contributed by atoms with Gasteiger partial charge in [0.25, 0.3) is 0 Å². The smallest absolute Gasteiger partial charge is 0.159 e. The molecule has 76 valence electrons. The molecule has 0 amide bonds. The summed E-state index contributed by atoms with van der Waals surface area (Å²) in [5.41, 5.74) is 0.725. The van der Waals surface area contributed by atoms with Crippen LogP contribution in [0, 0.1) is 11.3 Å². The highest BCUT2D eigenvalue weighted by atomic mass is 16.5. The number of carbonyl (C=O) groups excluding carboxylic acids is 2. The van der Waals surface area contributed by atoms with Gasteiger partial charge in [0.2, 0.25) is 0 Å². The molecule has 1 aromatic carbocycles. The zero-order valence-electron chi connectivity index (χ0n) is 8.40. The minimum Gasteiger partial charge on any atom is -0.495 e. The number of methoxy groups -OCH3 is 1. The van der Waals surface area contributed by atoms with Crippen molar-refractivity contribution >= 4 is 12.1 Å². The molecule has 0 heterocycles. The maximum atomic E-state index is 11.1. The second kappa shape index (κ2) is 4.38. The number of nitrogens with zero attached hydrogens (tertiary/aromatic N) is 1. The van der Waals surface area contributed by atoms with Crippen molar-refractivity contribution < 1.29 is 14.3 Å². The molecule has 0 saturated heterocycles. The Kier molecular flexibility index (Phi) is 3.19. The van der Waals surface area contributed by atoms with Crippen LogP contribution in [0.1, 0.15) is 33.2 Å². The third kappa shape index (κ3) is 2.02. The number of nitriles is 1. The standard InChI is InChI=1S/C11H9NO3/c1-7(14)8-3-9(5-12)11(15-2)10(4-8)6-13/h3-4,6H,1-2H3. The normalized spacial score (nSPS) is 9.13. The Hall–Kier alpha value is -2.15. The fourth-order valence-corrected chi connectivity index (χ4v) is 1.25. The highest BCUT2D eigenvalue weighted by Gasteiger charge is 2.12. The minimum absolute atomic E-state index is 0.187. The quantitative estimate of drug-likeness (QED) is 0.552. The van der Waals surface area contributed by atoms with Gasteiger partial charge >= 0.3 is 0 Å². The summed E-state index contributed by atoms with van der Waals surface area (Å²) in [7, 11) is 1.37. The van der Waals surface area contributed by atoms with E-state index < -0.39 is 0 Å². The van der Waals surface area contributed by atoms with Crippen molar-refractivity contribution in [1.29, 1.82) is 5.26 Å². The highest BCUT2D eigenvalue weighted by Crippen LogP contribution is 2.24. The number of rotatable bonds is 3. The second-order valence-electron chi connectivity index (χ2n) is 2.93. The first-order chi connectivity index (χ1) is 7.13. The lowest BCUT2D eigenvalue weighted by Crippen LogP contribution is -2.00. The van der Waals surface area contributed by atoms with E-state index in [1.165, 1.54) is 26.2 Å². The molecule has 0 aliphatic carbocycles. The molecule has 0 aliphatic heterocycles. The third-order valence-electron chi connectivity index (χ3n) is 1.98. The first kappa shape index (κ1) is 10.9. The number of aldehydes is 1. The molecule has 0 saturated carbocycles. The van der Waals surface area contributed by atoms with Gasteiger partial charge in [-0.1, -0.05) is 0 Å². The summed E-state index contributed by atoms with van der Waals surface area (Å²) in [4.78, 5) is 21.8. The zero-order chi connectivity index (χ0) is 11.4. The van der Waals surface area contributed by atoms with Crippen LogP contribution in [0.15, 0.2) is 12.1 Å². The molecule has 0 fully saturated rings. The van der Waals surface area contributed by atoms with Crippen LogP contribution >= 0.6 is 0 Å². The maximum Gasteiger partial charge on any atom is 0.159 e. The van der Waals surface area contributed by atoms with Crippen molar-refractivity contribution in [1.82, 2.24) is 0 Å². The third-order valence-corrected chi connectivity index (χ3v) is 1.98. The van der Waals surface area contributed by atoms with E-state index in [2.05, 4.69) is 0 Å². The summed E-state index contributed by atoms with van der Waals surface area (Å²) in [5, 5.41) is 8.82. The van der Waals surface area contributed by atoms with Gasteiger partial charge in [-0.05, 0) is 19.1 Å². The van der Waals surface area contributed by atoms with E-state index in [9.17, 15) is 9.59 Å². The molecule has 4 nitrogen and oxygen atoms in total. The van der Waals surface area contributed by atoms with Gasteiger partial charge in [-0.3, -0.25) is 9.59 Å². The molecule has 0 spiro atoms. The molecule has 1 aromatic rings. The number of Topliss-reactive ketones (excluding diaryl/α,β-unsaturated/α-hetero) is 1. The summed E-state index contributed by atoms with van der Waals surface area (Å²) in [5.74, 6) is 0.00903. The lowest BCUT2D eigenvalue weighted by atomic mass is 10.0. The Balaban J connectivity index is 3.51. The zero-order valence-corrected chi connectivity index (χ0v) is 8.40. The van der Waals surface area contributed by atoms with E-state index in [-0.39, 0.29) is 22.7 Å². The fourth-order valence-electron chi connectivity index (χ4n) is 1.25. The topological polar surface area (TPSA) is 67.2 Å². The molecule has 4 heteroatoms. The van der Waals surface area contributed by atoms with Gasteiger partial charge in [-0.2, -0.15) is 5.26 Å². The molecule has 15 heavy (non-hydrogen) atoms. The van der Waals surface area contributed by atoms with Gasteiger partial charge in [0, 0.05) is 5.56 Å². The predicted molar refractivity (Wildman–Crippen MR) is 53.1 cm³/mol. The first-order valence-corrected chi connectivity index (χ1v) is 4.22. The van der Waals surface area contributed by atoms with Crippen molar-refractivity contribution in [2.45, 2.75) is 6.92 Å². The average molecular weight is 203 g/mol. The van der Waals surface area contributed by atoms with E-state index in [0.29, 0.717) is 11.8 Å². The van der Waals surface area contributed by atoms with Gasteiger partial charge in [0.15, 0.2) is 12.1 Å². The molecule has 0 radical (unpaired) electrons. The van der Waals surface area contributed by atoms with Crippen LogP contribution in [0.2, 0.25) is 0 Å². The van der Waals surface area contributed by atoms with Gasteiger partial charge < -0.3 is 4.74 Å². The maximum absolute atomic E-state index is 11.1. The lowest BCUT2D eigenvalue weighted by molar-refractivity contribution is 0.101. The van der Waals surface area contributed by atoms with E-state index in [1.807, 2.05) is 6.07 Å². The molecule has 0 bridgehead atoms. The van der Waals surface area contributed by atoms with Crippen molar-refractivity contribution in [2.24, 2.45) is 0 Å². The lowest BCUT2D eigenvalue weighted by Gasteiger charge is -2.07. The number of ketones is 1. The fraction of sp³-hybridized carbons (Fsp3) is 0.182. The molecule has 0 aliphatic rings. The highest BCUT2D eigenvalue weighted by molar-refractivity contribution is 5.97. The van der Waals surface area contributed by atoms with E-state index >= 15 is 0 Å². The van der Waals surface area contributed by atoms with Crippen molar-refractivity contribution in [3.05, 3.63) is 28.8 Å². The molecule has 0 atom stereocenters. The molecule has 1 rings (SSSR count). The van der Waals surface area contributed by atoms with E-state index in [4.69, 9.17) is 10.00 Å². The number of ether oxygens (including phenoxy) is 1. The van der Waals surface area contributed by atoms with E-state index in [1.54, 1.807) is 0 Å². The van der Waals surface area contributed by atoms with Crippen LogP contribution < -0.4 is 4.74 Å². The number of hydrogen-bond acceptors (Lipinski definition) is 4. The monoisotopic (exact) mass is 203 g/mol.